The first-order valence-corrected chi connectivity index (χ1v) is 5.03. The molecule has 0 heterocycles. The largest absolute Gasteiger partial charge is 0.409 e. The summed E-state index contributed by atoms with van der Waals surface area (Å²) in [6.45, 7) is 0.249. The quantitative estimate of drug-likeness (QED) is 0.204. The number of carbonyl (C=O) groups is 2. The molecule has 0 bridgehead atoms. The second-order valence-corrected chi connectivity index (χ2v) is 3.75. The molecule has 0 aromatic heterocycles. The van der Waals surface area contributed by atoms with Crippen LogP contribution in [0, 0.1) is 5.41 Å². The lowest BCUT2D eigenvalue weighted by Gasteiger charge is -2.13. The highest BCUT2D eigenvalue weighted by Crippen LogP contribution is 2.45. The summed E-state index contributed by atoms with van der Waals surface area (Å²) in [5, 5.41) is 16.4. The molecule has 0 saturated heterocycles. The first kappa shape index (κ1) is 12.3. The molecule has 1 rings (SSSR count). The van der Waals surface area contributed by atoms with Crippen molar-refractivity contribution in [2.75, 3.05) is 13.6 Å². The van der Waals surface area contributed by atoms with Crippen molar-refractivity contribution in [3.8, 4) is 0 Å². The number of nitrogens with zero attached hydrogens (tertiary/aromatic N) is 1. The Hall–Kier alpha value is -1.79. The molecule has 2 amide bonds. The highest BCUT2D eigenvalue weighted by atomic mass is 16.4. The van der Waals surface area contributed by atoms with E-state index in [4.69, 9.17) is 10.9 Å². The van der Waals surface area contributed by atoms with Crippen LogP contribution >= 0.6 is 0 Å². The third-order valence-corrected chi connectivity index (χ3v) is 2.70. The number of carbonyl (C=O) groups excluding carboxylic acids is 2. The van der Waals surface area contributed by atoms with Crippen molar-refractivity contribution >= 4 is 17.6 Å². The zero-order chi connectivity index (χ0) is 12.2. The van der Waals surface area contributed by atoms with Crippen LogP contribution in [0.15, 0.2) is 5.16 Å². The van der Waals surface area contributed by atoms with Gasteiger partial charge in [-0.1, -0.05) is 5.16 Å². The topological polar surface area (TPSA) is 117 Å². The van der Waals surface area contributed by atoms with E-state index in [1.54, 1.807) is 0 Å². The van der Waals surface area contributed by atoms with Crippen molar-refractivity contribution in [2.45, 2.75) is 19.3 Å². The highest BCUT2D eigenvalue weighted by Gasteiger charge is 2.54. The Kier molecular flexibility index (Phi) is 3.70. The summed E-state index contributed by atoms with van der Waals surface area (Å²) in [6.07, 6.45) is 1.37. The third kappa shape index (κ3) is 2.41. The summed E-state index contributed by atoms with van der Waals surface area (Å²) >= 11 is 0. The maximum Gasteiger partial charge on any atom is 0.233 e. The van der Waals surface area contributed by atoms with Gasteiger partial charge in [0.1, 0.15) is 5.41 Å². The number of hydrogen-bond acceptors (Lipinski definition) is 4. The molecule has 16 heavy (non-hydrogen) atoms. The van der Waals surface area contributed by atoms with Gasteiger partial charge in [0.25, 0.3) is 0 Å². The Balaban J connectivity index is 2.39. The van der Waals surface area contributed by atoms with Crippen LogP contribution in [0.1, 0.15) is 19.3 Å². The van der Waals surface area contributed by atoms with Crippen LogP contribution in [0.25, 0.3) is 0 Å². The number of amides is 2. The van der Waals surface area contributed by atoms with E-state index in [-0.39, 0.29) is 30.6 Å². The standard InChI is InChI=1S/C9H16N4O3/c1-11-6(14)2-5-12-8(15)9(3-4-9)7(10)13-16/h16H,2-5H2,1H3,(H2,10,13)(H,11,14)(H,12,15). The average Bonchev–Trinajstić information content (AvgIpc) is 3.08. The van der Waals surface area contributed by atoms with Gasteiger partial charge in [-0.15, -0.1) is 0 Å². The van der Waals surface area contributed by atoms with Gasteiger partial charge in [-0.2, -0.15) is 0 Å². The summed E-state index contributed by atoms with van der Waals surface area (Å²) in [7, 11) is 1.53. The SMILES string of the molecule is CNC(=O)CCNC(=O)C1(C(N)=NO)CC1. The van der Waals surface area contributed by atoms with E-state index in [0.717, 1.165) is 0 Å². The van der Waals surface area contributed by atoms with Crippen LogP contribution in [-0.4, -0.2) is 36.4 Å². The molecule has 1 aliphatic rings. The van der Waals surface area contributed by atoms with Gasteiger partial charge in [0.05, 0.1) is 0 Å². The second kappa shape index (κ2) is 4.82. The number of rotatable bonds is 5. The van der Waals surface area contributed by atoms with E-state index in [1.165, 1.54) is 7.05 Å². The van der Waals surface area contributed by atoms with Crippen LogP contribution in [0.4, 0.5) is 0 Å². The van der Waals surface area contributed by atoms with Crippen molar-refractivity contribution in [3.63, 3.8) is 0 Å². The van der Waals surface area contributed by atoms with Crippen LogP contribution in [0.5, 0.6) is 0 Å². The molecule has 0 radical (unpaired) electrons. The minimum absolute atomic E-state index is 0.0649. The first-order valence-electron chi connectivity index (χ1n) is 5.03. The number of nitrogens with one attached hydrogen (secondary N) is 2. The average molecular weight is 228 g/mol. The second-order valence-electron chi connectivity index (χ2n) is 3.75. The van der Waals surface area contributed by atoms with E-state index in [9.17, 15) is 9.59 Å². The number of hydrogen-bond donors (Lipinski definition) is 4. The molecular weight excluding hydrogens is 212 g/mol. The summed E-state index contributed by atoms with van der Waals surface area (Å²) in [5.74, 6) is -0.495. The van der Waals surface area contributed by atoms with Crippen molar-refractivity contribution in [2.24, 2.45) is 16.3 Å². The van der Waals surface area contributed by atoms with Crippen LogP contribution in [0.3, 0.4) is 0 Å². The summed E-state index contributed by atoms with van der Waals surface area (Å²) < 4.78 is 0. The first-order chi connectivity index (χ1) is 7.56. The van der Waals surface area contributed by atoms with E-state index in [1.807, 2.05) is 0 Å². The molecule has 0 aromatic carbocycles. The van der Waals surface area contributed by atoms with E-state index in [2.05, 4.69) is 15.8 Å². The molecule has 5 N–H and O–H groups in total. The van der Waals surface area contributed by atoms with E-state index < -0.39 is 5.41 Å². The van der Waals surface area contributed by atoms with Crippen LogP contribution in [-0.2, 0) is 9.59 Å². The molecule has 1 aliphatic carbocycles. The van der Waals surface area contributed by atoms with E-state index >= 15 is 0 Å². The van der Waals surface area contributed by atoms with Crippen LogP contribution in [0.2, 0.25) is 0 Å². The fourth-order valence-electron chi connectivity index (χ4n) is 1.40. The maximum atomic E-state index is 11.7. The molecule has 90 valence electrons. The third-order valence-electron chi connectivity index (χ3n) is 2.70. The lowest BCUT2D eigenvalue weighted by molar-refractivity contribution is -0.124. The minimum atomic E-state index is -0.850. The molecule has 7 nitrogen and oxygen atoms in total. The van der Waals surface area contributed by atoms with Gasteiger partial charge in [0, 0.05) is 20.0 Å². The zero-order valence-corrected chi connectivity index (χ0v) is 9.12. The van der Waals surface area contributed by atoms with Gasteiger partial charge in [-0.25, -0.2) is 0 Å². The Labute approximate surface area is 93.1 Å². The maximum absolute atomic E-state index is 11.7. The fourth-order valence-corrected chi connectivity index (χ4v) is 1.40. The Morgan fingerprint density at radius 2 is 2.12 bits per heavy atom. The summed E-state index contributed by atoms with van der Waals surface area (Å²) in [5.41, 5.74) is 4.58. The molecule has 0 spiro atoms. The van der Waals surface area contributed by atoms with E-state index in [0.29, 0.717) is 12.8 Å². The van der Waals surface area contributed by atoms with Gasteiger partial charge < -0.3 is 21.6 Å². The predicted molar refractivity (Wildman–Crippen MR) is 56.8 cm³/mol. The smallest absolute Gasteiger partial charge is 0.233 e. The van der Waals surface area contributed by atoms with Crippen molar-refractivity contribution < 1.29 is 14.8 Å². The normalized spacial score (nSPS) is 17.7. The van der Waals surface area contributed by atoms with Gasteiger partial charge in [-0.3, -0.25) is 9.59 Å². The molecule has 0 aliphatic heterocycles. The molecule has 7 heteroatoms. The Morgan fingerprint density at radius 1 is 1.50 bits per heavy atom. The van der Waals surface area contributed by atoms with Crippen molar-refractivity contribution in [1.82, 2.24) is 10.6 Å². The monoisotopic (exact) mass is 228 g/mol. The summed E-state index contributed by atoms with van der Waals surface area (Å²) in [4.78, 5) is 22.6. The zero-order valence-electron chi connectivity index (χ0n) is 9.12. The van der Waals surface area contributed by atoms with Gasteiger partial charge in [-0.05, 0) is 12.8 Å². The lowest BCUT2D eigenvalue weighted by atomic mass is 10.1. The summed E-state index contributed by atoms with van der Waals surface area (Å²) in [6, 6.07) is 0. The number of oxime groups is 1. The molecule has 1 saturated carbocycles. The van der Waals surface area contributed by atoms with Crippen LogP contribution < -0.4 is 16.4 Å². The minimum Gasteiger partial charge on any atom is -0.409 e. The highest BCUT2D eigenvalue weighted by molar-refractivity contribution is 6.09. The van der Waals surface area contributed by atoms with Crippen molar-refractivity contribution in [3.05, 3.63) is 0 Å². The Morgan fingerprint density at radius 3 is 2.56 bits per heavy atom. The fraction of sp³-hybridized carbons (Fsp3) is 0.667. The lowest BCUT2D eigenvalue weighted by Crippen LogP contribution is -2.41. The molecule has 1 fully saturated rings. The van der Waals surface area contributed by atoms with Gasteiger partial charge >= 0.3 is 0 Å². The molecular formula is C9H16N4O3. The Bertz CT molecular complexity index is 323. The molecule has 0 unspecified atom stereocenters. The molecule has 0 atom stereocenters. The van der Waals surface area contributed by atoms with Gasteiger partial charge in [0.15, 0.2) is 5.84 Å². The number of amidine groups is 1. The van der Waals surface area contributed by atoms with Crippen molar-refractivity contribution in [1.29, 1.82) is 0 Å². The molecule has 0 aromatic rings. The number of nitrogens with two attached hydrogens (primary N) is 1. The predicted octanol–water partition coefficient (Wildman–Crippen LogP) is -1.23. The van der Waals surface area contributed by atoms with Gasteiger partial charge in [0.2, 0.25) is 11.8 Å².